The molecule has 1 amide bonds. The van der Waals surface area contributed by atoms with Crippen molar-refractivity contribution in [2.45, 2.75) is 45.4 Å². The first-order valence-electron chi connectivity index (χ1n) is 9.15. The Kier molecular flexibility index (Phi) is 6.43. The van der Waals surface area contributed by atoms with Gasteiger partial charge in [0.05, 0.1) is 22.7 Å². The highest BCUT2D eigenvalue weighted by molar-refractivity contribution is 6.00. The third-order valence-electron chi connectivity index (χ3n) is 4.87. The summed E-state index contributed by atoms with van der Waals surface area (Å²) in [4.78, 5) is 27.5. The molecule has 1 aromatic carbocycles. The van der Waals surface area contributed by atoms with Crippen LogP contribution in [0.2, 0.25) is 0 Å². The molecule has 1 aliphatic heterocycles. The zero-order valence-electron chi connectivity index (χ0n) is 17.0. The molecular weight excluding hydrogens is 348 g/mol. The highest BCUT2D eigenvalue weighted by Crippen LogP contribution is 2.25. The van der Waals surface area contributed by atoms with Crippen molar-refractivity contribution < 1.29 is 14.5 Å². The molecule has 0 aromatic heterocycles. The van der Waals surface area contributed by atoms with Gasteiger partial charge in [-0.2, -0.15) is 0 Å². The number of ether oxygens (including phenoxy) is 1. The number of rotatable bonds is 6. The Morgan fingerprint density at radius 3 is 2.44 bits per heavy atom. The van der Waals surface area contributed by atoms with Crippen molar-refractivity contribution >= 4 is 17.3 Å². The first-order valence-corrected chi connectivity index (χ1v) is 9.15. The van der Waals surface area contributed by atoms with E-state index in [9.17, 15) is 14.9 Å². The maximum absolute atomic E-state index is 12.8. The van der Waals surface area contributed by atoms with Gasteiger partial charge < -0.3 is 15.0 Å². The molecule has 0 unspecified atom stereocenters. The van der Waals surface area contributed by atoms with Crippen LogP contribution >= 0.6 is 0 Å². The van der Waals surface area contributed by atoms with Crippen molar-refractivity contribution in [3.63, 3.8) is 0 Å². The molecule has 150 valence electrons. The van der Waals surface area contributed by atoms with Crippen LogP contribution in [0.4, 0.5) is 11.4 Å². The number of nitrogens with one attached hydrogen (secondary N) is 1. The summed E-state index contributed by atoms with van der Waals surface area (Å²) in [5, 5.41) is 14.0. The fourth-order valence-electron chi connectivity index (χ4n) is 3.39. The van der Waals surface area contributed by atoms with E-state index in [4.69, 9.17) is 4.74 Å². The molecule has 1 N–H and O–H groups in total. The third-order valence-corrected chi connectivity index (χ3v) is 4.87. The third kappa shape index (κ3) is 5.17. The first-order chi connectivity index (χ1) is 12.5. The molecule has 27 heavy (non-hydrogen) atoms. The van der Waals surface area contributed by atoms with Crippen LogP contribution < -0.4 is 10.2 Å². The zero-order chi connectivity index (χ0) is 20.4. The van der Waals surface area contributed by atoms with Crippen LogP contribution in [-0.2, 0) is 4.74 Å². The number of morpholine rings is 1. The molecular formula is C19H30N4O4. The summed E-state index contributed by atoms with van der Waals surface area (Å²) in [6.07, 6.45) is 0.279. The number of nitro groups is 1. The van der Waals surface area contributed by atoms with E-state index in [1.807, 2.05) is 13.8 Å². The van der Waals surface area contributed by atoms with Gasteiger partial charge in [-0.3, -0.25) is 19.8 Å². The van der Waals surface area contributed by atoms with Crippen molar-refractivity contribution in [2.24, 2.45) is 0 Å². The molecule has 0 spiro atoms. The van der Waals surface area contributed by atoms with Crippen molar-refractivity contribution in [1.82, 2.24) is 10.2 Å². The predicted octanol–water partition coefficient (Wildman–Crippen LogP) is 2.28. The second kappa shape index (κ2) is 8.22. The SMILES string of the molecule is C[C@H]1CN(C(C)(C)CNC(=O)c2cc([N+](=O)[O-])ccc2N(C)C)C[C@H](C)O1. The number of hydrogen-bond acceptors (Lipinski definition) is 6. The fraction of sp³-hybridized carbons (Fsp3) is 0.632. The standard InChI is InChI=1S/C19H30N4O4/c1-13-10-22(11-14(2)27-13)19(3,4)12-20-18(24)16-9-15(23(25)26)7-8-17(16)21(5)6/h7-9,13-14H,10-12H2,1-6H3,(H,20,24)/t13-,14-/m0/s1. The number of carbonyl (C=O) groups excluding carboxylic acids is 1. The molecule has 1 saturated heterocycles. The maximum atomic E-state index is 12.8. The number of hydrogen-bond donors (Lipinski definition) is 1. The normalized spacial score (nSPS) is 21.0. The minimum absolute atomic E-state index is 0.0964. The highest BCUT2D eigenvalue weighted by atomic mass is 16.6. The lowest BCUT2D eigenvalue weighted by atomic mass is 9.99. The smallest absolute Gasteiger partial charge is 0.270 e. The molecule has 0 bridgehead atoms. The van der Waals surface area contributed by atoms with Crippen LogP contribution in [0.5, 0.6) is 0 Å². The molecule has 2 rings (SSSR count). The number of anilines is 1. The van der Waals surface area contributed by atoms with Crippen LogP contribution in [-0.4, -0.2) is 67.2 Å². The van der Waals surface area contributed by atoms with Crippen molar-refractivity contribution in [3.8, 4) is 0 Å². The molecule has 1 fully saturated rings. The lowest BCUT2D eigenvalue weighted by Gasteiger charge is -2.45. The number of nitro benzene ring substituents is 1. The summed E-state index contributed by atoms with van der Waals surface area (Å²) in [7, 11) is 3.61. The van der Waals surface area contributed by atoms with Gasteiger partial charge in [0.25, 0.3) is 11.6 Å². The lowest BCUT2D eigenvalue weighted by molar-refractivity contribution is -0.384. The van der Waals surface area contributed by atoms with Gasteiger partial charge >= 0.3 is 0 Å². The molecule has 2 atom stereocenters. The average Bonchev–Trinajstić information content (AvgIpc) is 2.58. The minimum Gasteiger partial charge on any atom is -0.377 e. The first kappa shape index (κ1) is 21.1. The van der Waals surface area contributed by atoms with Crippen LogP contribution in [0.25, 0.3) is 0 Å². The van der Waals surface area contributed by atoms with Gasteiger partial charge in [-0.05, 0) is 33.8 Å². The van der Waals surface area contributed by atoms with E-state index < -0.39 is 4.92 Å². The van der Waals surface area contributed by atoms with E-state index in [-0.39, 0.29) is 29.3 Å². The van der Waals surface area contributed by atoms with Crippen molar-refractivity contribution in [1.29, 1.82) is 0 Å². The summed E-state index contributed by atoms with van der Waals surface area (Å²) in [5.74, 6) is -0.315. The topological polar surface area (TPSA) is 88.0 Å². The van der Waals surface area contributed by atoms with E-state index in [1.54, 1.807) is 25.1 Å². The Bertz CT molecular complexity index is 695. The lowest BCUT2D eigenvalue weighted by Crippen LogP contribution is -2.58. The molecule has 0 radical (unpaired) electrons. The van der Waals surface area contributed by atoms with Crippen molar-refractivity contribution in [3.05, 3.63) is 33.9 Å². The molecule has 1 aliphatic rings. The summed E-state index contributed by atoms with van der Waals surface area (Å²) < 4.78 is 5.79. The van der Waals surface area contributed by atoms with E-state index in [0.29, 0.717) is 17.8 Å². The Hall–Kier alpha value is -2.19. The van der Waals surface area contributed by atoms with E-state index in [1.165, 1.54) is 12.1 Å². The highest BCUT2D eigenvalue weighted by Gasteiger charge is 2.33. The number of benzene rings is 1. The minimum atomic E-state index is -0.489. The Morgan fingerprint density at radius 2 is 1.93 bits per heavy atom. The fourth-order valence-corrected chi connectivity index (χ4v) is 3.39. The van der Waals surface area contributed by atoms with E-state index in [0.717, 1.165) is 13.1 Å². The van der Waals surface area contributed by atoms with Gasteiger partial charge in [0.1, 0.15) is 0 Å². The van der Waals surface area contributed by atoms with Gasteiger partial charge in [0.15, 0.2) is 0 Å². The average molecular weight is 378 g/mol. The molecule has 1 heterocycles. The summed E-state index contributed by atoms with van der Waals surface area (Å²) in [6.45, 7) is 10.3. The van der Waals surface area contributed by atoms with Crippen molar-refractivity contribution in [2.75, 3.05) is 38.6 Å². The van der Waals surface area contributed by atoms with Gasteiger partial charge in [0.2, 0.25) is 0 Å². The second-order valence-corrected chi connectivity index (χ2v) is 8.01. The van der Waals surface area contributed by atoms with Crippen LogP contribution in [0.1, 0.15) is 38.1 Å². The van der Waals surface area contributed by atoms with E-state index in [2.05, 4.69) is 24.1 Å². The van der Waals surface area contributed by atoms with Crippen LogP contribution in [0.15, 0.2) is 18.2 Å². The van der Waals surface area contributed by atoms with Crippen LogP contribution in [0.3, 0.4) is 0 Å². The van der Waals surface area contributed by atoms with E-state index >= 15 is 0 Å². The molecule has 8 nitrogen and oxygen atoms in total. The molecule has 0 saturated carbocycles. The molecule has 1 aromatic rings. The second-order valence-electron chi connectivity index (χ2n) is 8.01. The zero-order valence-corrected chi connectivity index (χ0v) is 17.0. The monoisotopic (exact) mass is 378 g/mol. The van der Waals surface area contributed by atoms with Crippen LogP contribution in [0, 0.1) is 10.1 Å². The number of carbonyl (C=O) groups is 1. The van der Waals surface area contributed by atoms with Gasteiger partial charge in [0, 0.05) is 57.1 Å². The van der Waals surface area contributed by atoms with Gasteiger partial charge in [-0.1, -0.05) is 0 Å². The summed E-state index contributed by atoms with van der Waals surface area (Å²) in [6, 6.07) is 4.34. The predicted molar refractivity (Wildman–Crippen MR) is 105 cm³/mol. The Labute approximate surface area is 160 Å². The maximum Gasteiger partial charge on any atom is 0.270 e. The van der Waals surface area contributed by atoms with Gasteiger partial charge in [-0.15, -0.1) is 0 Å². The number of non-ortho nitro benzene ring substituents is 1. The number of nitrogens with zero attached hydrogens (tertiary/aromatic N) is 3. The largest absolute Gasteiger partial charge is 0.377 e. The Balaban J connectivity index is 2.14. The summed E-state index contributed by atoms with van der Waals surface area (Å²) >= 11 is 0. The summed E-state index contributed by atoms with van der Waals surface area (Å²) in [5.41, 5.74) is 0.583. The Morgan fingerprint density at radius 1 is 1.33 bits per heavy atom. The molecule has 0 aliphatic carbocycles. The van der Waals surface area contributed by atoms with Gasteiger partial charge in [-0.25, -0.2) is 0 Å². The molecule has 8 heteroatoms. The quantitative estimate of drug-likeness (QED) is 0.604. The number of amides is 1.